The second kappa shape index (κ2) is 12.1. The van der Waals surface area contributed by atoms with Gasteiger partial charge in [-0.05, 0) is 36.6 Å². The van der Waals surface area contributed by atoms with Gasteiger partial charge in [0.15, 0.2) is 0 Å². The molecule has 1 aliphatic rings. The van der Waals surface area contributed by atoms with Gasteiger partial charge in [0, 0.05) is 31.7 Å². The lowest BCUT2D eigenvalue weighted by atomic mass is 10.0. The molecule has 30 heavy (non-hydrogen) atoms. The van der Waals surface area contributed by atoms with Gasteiger partial charge in [0.2, 0.25) is 17.6 Å². The summed E-state index contributed by atoms with van der Waals surface area (Å²) in [6.07, 6.45) is 0.717. The van der Waals surface area contributed by atoms with Crippen LogP contribution in [0, 0.1) is 5.92 Å². The molecule has 1 aromatic carbocycles. The van der Waals surface area contributed by atoms with E-state index >= 15 is 0 Å². The van der Waals surface area contributed by atoms with E-state index in [1.807, 2.05) is 29.2 Å². The monoisotopic (exact) mass is 459 g/mol. The smallest absolute Gasteiger partial charge is 0.241 e. The fourth-order valence-electron chi connectivity index (χ4n) is 3.34. The number of carbonyl (C=O) groups is 1. The zero-order chi connectivity index (χ0) is 20.1. The van der Waals surface area contributed by atoms with Crippen LogP contribution in [0.4, 0.5) is 0 Å². The third kappa shape index (κ3) is 6.84. The number of piperazine rings is 1. The number of halogens is 2. The largest absolute Gasteiger partial charge is 0.497 e. The van der Waals surface area contributed by atoms with Crippen molar-refractivity contribution >= 4 is 30.7 Å². The van der Waals surface area contributed by atoms with Crippen LogP contribution in [-0.4, -0.2) is 65.2 Å². The average Bonchev–Trinajstić information content (AvgIpc) is 3.16. The zero-order valence-corrected chi connectivity index (χ0v) is 19.2. The van der Waals surface area contributed by atoms with Gasteiger partial charge in [0.25, 0.3) is 0 Å². The number of hydrogen-bond acceptors (Lipinski definition) is 7. The van der Waals surface area contributed by atoms with Gasteiger partial charge in [-0.1, -0.05) is 19.0 Å². The van der Waals surface area contributed by atoms with Crippen molar-refractivity contribution in [2.45, 2.75) is 32.9 Å². The molecular weight excluding hydrogens is 429 g/mol. The molecule has 0 aliphatic carbocycles. The van der Waals surface area contributed by atoms with Gasteiger partial charge in [-0.2, -0.15) is 4.98 Å². The molecule has 0 radical (unpaired) electrons. The van der Waals surface area contributed by atoms with E-state index in [1.54, 1.807) is 7.11 Å². The molecule has 1 amide bonds. The van der Waals surface area contributed by atoms with Gasteiger partial charge in [-0.3, -0.25) is 9.69 Å². The summed E-state index contributed by atoms with van der Waals surface area (Å²) in [5.74, 6) is 2.38. The molecule has 10 heteroatoms. The minimum Gasteiger partial charge on any atom is -0.497 e. The van der Waals surface area contributed by atoms with Gasteiger partial charge in [-0.15, -0.1) is 24.8 Å². The predicted molar refractivity (Wildman–Crippen MR) is 120 cm³/mol. The maximum absolute atomic E-state index is 12.4. The van der Waals surface area contributed by atoms with Crippen LogP contribution in [0.25, 0.3) is 11.4 Å². The minimum atomic E-state index is -0.408. The maximum atomic E-state index is 12.4. The molecule has 1 saturated heterocycles. The Morgan fingerprint density at radius 2 is 1.80 bits per heavy atom. The highest BCUT2D eigenvalue weighted by atomic mass is 35.5. The number of rotatable bonds is 7. The summed E-state index contributed by atoms with van der Waals surface area (Å²) < 4.78 is 10.6. The van der Waals surface area contributed by atoms with E-state index in [9.17, 15) is 4.79 Å². The SMILES string of the molecule is COc1ccc(-c2noc(CN3CCN(C(=O)[C@@H](N)CC(C)C)CC3)n2)cc1.Cl.Cl. The Hall–Kier alpha value is -1.87. The molecule has 0 saturated carbocycles. The standard InChI is InChI=1S/C20H29N5O3.2ClH/c1-14(2)12-17(21)20(26)25-10-8-24(9-11-25)13-18-22-19(23-28-18)15-4-6-16(27-3)7-5-15;;/h4-7,14,17H,8-13,21H2,1-3H3;2*1H/t17-;;/m0../s1. The van der Waals surface area contributed by atoms with E-state index in [4.69, 9.17) is 15.0 Å². The first-order valence-corrected chi connectivity index (χ1v) is 9.70. The number of benzene rings is 1. The van der Waals surface area contributed by atoms with Crippen LogP contribution in [0.2, 0.25) is 0 Å². The fraction of sp³-hybridized carbons (Fsp3) is 0.550. The number of methoxy groups -OCH3 is 1. The van der Waals surface area contributed by atoms with Crippen molar-refractivity contribution in [1.29, 1.82) is 0 Å². The second-order valence-electron chi connectivity index (χ2n) is 7.58. The van der Waals surface area contributed by atoms with E-state index in [0.29, 0.717) is 37.3 Å². The number of aromatic nitrogens is 2. The summed E-state index contributed by atoms with van der Waals surface area (Å²) >= 11 is 0. The van der Waals surface area contributed by atoms with E-state index in [0.717, 1.165) is 30.8 Å². The molecular formula is C20H31Cl2N5O3. The summed E-state index contributed by atoms with van der Waals surface area (Å²) in [4.78, 5) is 21.0. The molecule has 2 N–H and O–H groups in total. The van der Waals surface area contributed by atoms with Gasteiger partial charge in [-0.25, -0.2) is 0 Å². The molecule has 0 unspecified atom stereocenters. The van der Waals surface area contributed by atoms with Gasteiger partial charge in [0.1, 0.15) is 5.75 Å². The molecule has 1 atom stereocenters. The lowest BCUT2D eigenvalue weighted by molar-refractivity contribution is -0.134. The quantitative estimate of drug-likeness (QED) is 0.678. The summed E-state index contributed by atoms with van der Waals surface area (Å²) in [7, 11) is 1.63. The van der Waals surface area contributed by atoms with E-state index in [-0.39, 0.29) is 30.7 Å². The zero-order valence-electron chi connectivity index (χ0n) is 17.6. The van der Waals surface area contributed by atoms with E-state index in [1.165, 1.54) is 0 Å². The third-order valence-corrected chi connectivity index (χ3v) is 4.90. The van der Waals surface area contributed by atoms with Crippen LogP contribution in [-0.2, 0) is 11.3 Å². The van der Waals surface area contributed by atoms with Crippen LogP contribution in [0.1, 0.15) is 26.2 Å². The number of nitrogens with zero attached hydrogens (tertiary/aromatic N) is 4. The Labute approximate surface area is 189 Å². The summed E-state index contributed by atoms with van der Waals surface area (Å²) in [6.45, 7) is 7.60. The Morgan fingerprint density at radius 1 is 1.17 bits per heavy atom. The van der Waals surface area contributed by atoms with Gasteiger partial charge >= 0.3 is 0 Å². The Kier molecular flexibility index (Phi) is 10.6. The summed E-state index contributed by atoms with van der Waals surface area (Å²) in [5, 5.41) is 4.07. The Morgan fingerprint density at radius 3 is 2.37 bits per heavy atom. The van der Waals surface area contributed by atoms with Crippen LogP contribution < -0.4 is 10.5 Å². The van der Waals surface area contributed by atoms with Crippen molar-refractivity contribution in [3.8, 4) is 17.1 Å². The molecule has 2 heterocycles. The molecule has 1 fully saturated rings. The van der Waals surface area contributed by atoms with Crippen LogP contribution in [0.15, 0.2) is 28.8 Å². The molecule has 168 valence electrons. The van der Waals surface area contributed by atoms with E-state index in [2.05, 4.69) is 28.9 Å². The van der Waals surface area contributed by atoms with Crippen molar-refractivity contribution in [3.63, 3.8) is 0 Å². The van der Waals surface area contributed by atoms with E-state index < -0.39 is 6.04 Å². The predicted octanol–water partition coefficient (Wildman–Crippen LogP) is 2.61. The Bertz CT molecular complexity index is 777. The highest BCUT2D eigenvalue weighted by Gasteiger charge is 2.26. The first kappa shape index (κ1) is 26.2. The van der Waals surface area contributed by atoms with Crippen molar-refractivity contribution in [2.24, 2.45) is 11.7 Å². The topological polar surface area (TPSA) is 97.7 Å². The van der Waals surface area contributed by atoms with Crippen LogP contribution in [0.5, 0.6) is 5.75 Å². The molecule has 1 aliphatic heterocycles. The lowest BCUT2D eigenvalue weighted by Crippen LogP contribution is -2.53. The highest BCUT2D eigenvalue weighted by Crippen LogP contribution is 2.20. The van der Waals surface area contributed by atoms with Gasteiger partial charge < -0.3 is 19.9 Å². The summed E-state index contributed by atoms with van der Waals surface area (Å²) in [5.41, 5.74) is 6.92. The summed E-state index contributed by atoms with van der Waals surface area (Å²) in [6, 6.07) is 7.13. The van der Waals surface area contributed by atoms with Crippen molar-refractivity contribution < 1.29 is 14.1 Å². The normalized spacial score (nSPS) is 15.3. The molecule has 1 aromatic heterocycles. The fourth-order valence-corrected chi connectivity index (χ4v) is 3.34. The minimum absolute atomic E-state index is 0. The van der Waals surface area contributed by atoms with Crippen LogP contribution >= 0.6 is 24.8 Å². The molecule has 0 spiro atoms. The van der Waals surface area contributed by atoms with Crippen molar-refractivity contribution in [3.05, 3.63) is 30.2 Å². The number of carbonyl (C=O) groups excluding carboxylic acids is 1. The van der Waals surface area contributed by atoms with Crippen molar-refractivity contribution in [1.82, 2.24) is 19.9 Å². The van der Waals surface area contributed by atoms with Crippen molar-refractivity contribution in [2.75, 3.05) is 33.3 Å². The number of amides is 1. The first-order chi connectivity index (χ1) is 13.5. The molecule has 2 aromatic rings. The van der Waals surface area contributed by atoms with Gasteiger partial charge in [0.05, 0.1) is 19.7 Å². The average molecular weight is 460 g/mol. The third-order valence-electron chi connectivity index (χ3n) is 4.90. The highest BCUT2D eigenvalue weighted by molar-refractivity contribution is 5.85. The maximum Gasteiger partial charge on any atom is 0.241 e. The number of ether oxygens (including phenoxy) is 1. The van der Waals surface area contributed by atoms with Crippen LogP contribution in [0.3, 0.4) is 0 Å². The lowest BCUT2D eigenvalue weighted by Gasteiger charge is -2.35. The molecule has 8 nitrogen and oxygen atoms in total. The molecule has 3 rings (SSSR count). The Balaban J connectivity index is 0.00000225. The number of nitrogens with two attached hydrogens (primary N) is 1. The first-order valence-electron chi connectivity index (χ1n) is 9.70. The molecule has 0 bridgehead atoms. The second-order valence-corrected chi connectivity index (χ2v) is 7.58. The number of hydrogen-bond donors (Lipinski definition) is 1.